The van der Waals surface area contributed by atoms with E-state index in [0.717, 1.165) is 21.5 Å². The van der Waals surface area contributed by atoms with Gasteiger partial charge < -0.3 is 4.74 Å². The van der Waals surface area contributed by atoms with E-state index in [9.17, 15) is 4.79 Å². The average molecular weight is 468 g/mol. The van der Waals surface area contributed by atoms with Gasteiger partial charge in [-0.05, 0) is 60.2 Å². The summed E-state index contributed by atoms with van der Waals surface area (Å²) >= 11 is 10.2. The zero-order chi connectivity index (χ0) is 19.5. The molecule has 0 aliphatic carbocycles. The molecule has 0 spiro atoms. The maximum atomic E-state index is 12.9. The summed E-state index contributed by atoms with van der Waals surface area (Å²) < 4.78 is 7.32. The minimum Gasteiger partial charge on any atom is -0.457 e. The van der Waals surface area contributed by atoms with Crippen molar-refractivity contribution in [2.45, 2.75) is 0 Å². The molecule has 0 bridgehead atoms. The molecule has 0 saturated carbocycles. The van der Waals surface area contributed by atoms with Crippen LogP contribution in [0.1, 0.15) is 5.56 Å². The third-order valence-corrected chi connectivity index (χ3v) is 5.87. The summed E-state index contributed by atoms with van der Waals surface area (Å²) in [4.78, 5) is 15.0. The van der Waals surface area contributed by atoms with E-state index in [1.807, 2.05) is 84.9 Å². The highest BCUT2D eigenvalue weighted by molar-refractivity contribution is 9.10. The van der Waals surface area contributed by atoms with Crippen molar-refractivity contribution in [2.24, 2.45) is 0 Å². The lowest BCUT2D eigenvalue weighted by atomic mass is 10.2. The third kappa shape index (κ3) is 4.19. The first-order valence-electron chi connectivity index (χ1n) is 8.47. The van der Waals surface area contributed by atoms with Gasteiger partial charge in [0.25, 0.3) is 5.91 Å². The average Bonchev–Trinajstić information content (AvgIpc) is 2.98. The van der Waals surface area contributed by atoms with Crippen LogP contribution in [0.25, 0.3) is 6.08 Å². The van der Waals surface area contributed by atoms with E-state index in [2.05, 4.69) is 15.9 Å². The lowest BCUT2D eigenvalue weighted by Crippen LogP contribution is -2.27. The Morgan fingerprint density at radius 3 is 2.21 bits per heavy atom. The molecule has 138 valence electrons. The Hall–Kier alpha value is -2.41. The first-order chi connectivity index (χ1) is 13.6. The number of anilines is 1. The monoisotopic (exact) mass is 467 g/mol. The van der Waals surface area contributed by atoms with Crippen LogP contribution in [-0.4, -0.2) is 10.2 Å². The number of halogens is 1. The van der Waals surface area contributed by atoms with Crippen LogP contribution in [0.3, 0.4) is 0 Å². The minimum absolute atomic E-state index is 0.116. The summed E-state index contributed by atoms with van der Waals surface area (Å²) in [6.07, 6.45) is 1.86. The molecule has 1 saturated heterocycles. The van der Waals surface area contributed by atoms with Gasteiger partial charge in [-0.3, -0.25) is 9.69 Å². The van der Waals surface area contributed by atoms with Crippen LogP contribution in [-0.2, 0) is 4.79 Å². The summed E-state index contributed by atoms with van der Waals surface area (Å²) in [7, 11) is 0. The number of carbonyl (C=O) groups is 1. The van der Waals surface area contributed by atoms with Crippen molar-refractivity contribution in [1.82, 2.24) is 0 Å². The number of nitrogens with zero attached hydrogens (tertiary/aromatic N) is 1. The van der Waals surface area contributed by atoms with Crippen molar-refractivity contribution < 1.29 is 9.53 Å². The van der Waals surface area contributed by atoms with E-state index >= 15 is 0 Å². The first kappa shape index (κ1) is 18.9. The molecule has 1 aliphatic rings. The number of hydrogen-bond acceptors (Lipinski definition) is 4. The number of carbonyl (C=O) groups excluding carboxylic acids is 1. The minimum atomic E-state index is -0.116. The van der Waals surface area contributed by atoms with Crippen molar-refractivity contribution in [3.05, 3.63) is 93.8 Å². The molecule has 0 radical (unpaired) electrons. The normalized spacial score (nSPS) is 15.3. The van der Waals surface area contributed by atoms with E-state index in [-0.39, 0.29) is 5.91 Å². The fourth-order valence-corrected chi connectivity index (χ4v) is 4.25. The molecule has 28 heavy (non-hydrogen) atoms. The molecule has 3 aromatic carbocycles. The van der Waals surface area contributed by atoms with Gasteiger partial charge in [0.15, 0.2) is 4.32 Å². The largest absolute Gasteiger partial charge is 0.457 e. The molecule has 3 aromatic rings. The van der Waals surface area contributed by atoms with Crippen molar-refractivity contribution in [1.29, 1.82) is 0 Å². The summed E-state index contributed by atoms with van der Waals surface area (Å²) in [5.41, 5.74) is 1.68. The van der Waals surface area contributed by atoms with Gasteiger partial charge in [0.05, 0.1) is 10.6 Å². The second kappa shape index (κ2) is 8.31. The Balaban J connectivity index is 1.53. The predicted molar refractivity (Wildman–Crippen MR) is 123 cm³/mol. The maximum absolute atomic E-state index is 12.9. The number of rotatable bonds is 4. The van der Waals surface area contributed by atoms with Gasteiger partial charge in [0.1, 0.15) is 11.5 Å². The van der Waals surface area contributed by atoms with Gasteiger partial charge >= 0.3 is 0 Å². The molecule has 1 heterocycles. The van der Waals surface area contributed by atoms with Crippen LogP contribution in [0.2, 0.25) is 0 Å². The molecule has 1 fully saturated rings. The van der Waals surface area contributed by atoms with Crippen LogP contribution in [0.15, 0.2) is 88.2 Å². The fraction of sp³-hybridized carbons (Fsp3) is 0. The second-order valence-corrected chi connectivity index (χ2v) is 8.57. The molecule has 0 atom stereocenters. The van der Waals surface area contributed by atoms with Crippen LogP contribution in [0.4, 0.5) is 5.69 Å². The van der Waals surface area contributed by atoms with Gasteiger partial charge in [0, 0.05) is 4.47 Å². The number of benzene rings is 3. The standard InChI is InChI=1S/C22H14BrNO2S2/c23-16-8-6-15(7-9-16)14-20-21(25)24(22(27)28-20)17-10-12-19(13-11-17)26-18-4-2-1-3-5-18/h1-14H/b20-14-. The van der Waals surface area contributed by atoms with Gasteiger partial charge in [-0.25, -0.2) is 0 Å². The summed E-state index contributed by atoms with van der Waals surface area (Å²) in [6, 6.07) is 24.7. The Bertz CT molecular complexity index is 1050. The maximum Gasteiger partial charge on any atom is 0.270 e. The highest BCUT2D eigenvalue weighted by Crippen LogP contribution is 2.37. The van der Waals surface area contributed by atoms with E-state index in [1.165, 1.54) is 11.8 Å². The number of para-hydroxylation sites is 1. The molecular formula is C22H14BrNO2S2. The number of amides is 1. The molecule has 1 aliphatic heterocycles. The number of thiocarbonyl (C=S) groups is 1. The van der Waals surface area contributed by atoms with Gasteiger partial charge in [0.2, 0.25) is 0 Å². The molecule has 0 N–H and O–H groups in total. The molecule has 0 aromatic heterocycles. The van der Waals surface area contributed by atoms with Crippen LogP contribution >= 0.6 is 39.9 Å². The lowest BCUT2D eigenvalue weighted by molar-refractivity contribution is -0.113. The smallest absolute Gasteiger partial charge is 0.270 e. The van der Waals surface area contributed by atoms with E-state index < -0.39 is 0 Å². The van der Waals surface area contributed by atoms with E-state index in [4.69, 9.17) is 17.0 Å². The van der Waals surface area contributed by atoms with Gasteiger partial charge in [-0.2, -0.15) is 0 Å². The van der Waals surface area contributed by atoms with Gasteiger partial charge in [-0.15, -0.1) is 0 Å². The molecule has 6 heteroatoms. The predicted octanol–water partition coefficient (Wildman–Crippen LogP) is 6.65. The van der Waals surface area contributed by atoms with Crippen molar-refractivity contribution in [3.63, 3.8) is 0 Å². The molecular weight excluding hydrogens is 454 g/mol. The SMILES string of the molecule is O=C1/C(=C/c2ccc(Br)cc2)SC(=S)N1c1ccc(Oc2ccccc2)cc1. The lowest BCUT2D eigenvalue weighted by Gasteiger charge is -2.15. The summed E-state index contributed by atoms with van der Waals surface area (Å²) in [5, 5.41) is 0. The highest BCUT2D eigenvalue weighted by atomic mass is 79.9. The van der Waals surface area contributed by atoms with Crippen molar-refractivity contribution >= 4 is 61.9 Å². The Morgan fingerprint density at radius 2 is 1.54 bits per heavy atom. The number of hydrogen-bond donors (Lipinski definition) is 0. The summed E-state index contributed by atoms with van der Waals surface area (Å²) in [6.45, 7) is 0. The zero-order valence-corrected chi connectivity index (χ0v) is 17.8. The number of thioether (sulfide) groups is 1. The van der Waals surface area contributed by atoms with Crippen LogP contribution in [0, 0.1) is 0 Å². The highest BCUT2D eigenvalue weighted by Gasteiger charge is 2.33. The zero-order valence-electron chi connectivity index (χ0n) is 14.5. The Morgan fingerprint density at radius 1 is 0.893 bits per heavy atom. The first-order valence-corrected chi connectivity index (χ1v) is 10.5. The van der Waals surface area contributed by atoms with E-state index in [0.29, 0.717) is 15.0 Å². The second-order valence-electron chi connectivity index (χ2n) is 5.98. The van der Waals surface area contributed by atoms with Crippen LogP contribution in [0.5, 0.6) is 11.5 Å². The van der Waals surface area contributed by atoms with Crippen LogP contribution < -0.4 is 9.64 Å². The van der Waals surface area contributed by atoms with Crippen molar-refractivity contribution in [3.8, 4) is 11.5 Å². The quantitative estimate of drug-likeness (QED) is 0.317. The Kier molecular flexibility index (Phi) is 5.62. The molecule has 4 rings (SSSR count). The number of ether oxygens (including phenoxy) is 1. The van der Waals surface area contributed by atoms with E-state index in [1.54, 1.807) is 4.90 Å². The molecule has 0 unspecified atom stereocenters. The topological polar surface area (TPSA) is 29.5 Å². The van der Waals surface area contributed by atoms with Crippen molar-refractivity contribution in [2.75, 3.05) is 4.90 Å². The molecule has 1 amide bonds. The van der Waals surface area contributed by atoms with Gasteiger partial charge in [-0.1, -0.05) is 70.2 Å². The summed E-state index contributed by atoms with van der Waals surface area (Å²) in [5.74, 6) is 1.35. The third-order valence-electron chi connectivity index (χ3n) is 4.04. The Labute approximate surface area is 181 Å². The fourth-order valence-electron chi connectivity index (χ4n) is 2.69. The molecule has 3 nitrogen and oxygen atoms in total.